The lowest BCUT2D eigenvalue weighted by Gasteiger charge is -2.11. The Morgan fingerprint density at radius 3 is 2.39 bits per heavy atom. The minimum atomic E-state index is -3.91. The van der Waals surface area contributed by atoms with Crippen molar-refractivity contribution in [3.63, 3.8) is 0 Å². The fourth-order valence-corrected chi connectivity index (χ4v) is 2.90. The Hall–Kier alpha value is -0.620. The van der Waals surface area contributed by atoms with Gasteiger partial charge >= 0.3 is 10.3 Å². The van der Waals surface area contributed by atoms with E-state index in [-0.39, 0.29) is 7.34 Å². The summed E-state index contributed by atoms with van der Waals surface area (Å²) in [5, 5.41) is 0. The first-order valence-electron chi connectivity index (χ1n) is 6.62. The van der Waals surface area contributed by atoms with E-state index in [0.717, 1.165) is 25.7 Å². The zero-order chi connectivity index (χ0) is 14.0. The van der Waals surface area contributed by atoms with Crippen molar-refractivity contribution in [3.05, 3.63) is 0 Å². The van der Waals surface area contributed by atoms with Crippen LogP contribution in [-0.4, -0.2) is 19.9 Å². The van der Waals surface area contributed by atoms with E-state index in [4.69, 9.17) is 4.18 Å². The predicted molar refractivity (Wildman–Crippen MR) is 71.1 cm³/mol. The maximum atomic E-state index is 11.5. The molecule has 2 atom stereocenters. The number of nitrogens with one attached hydrogen (secondary N) is 1. The Balaban J connectivity index is 0.00000103. The van der Waals surface area contributed by atoms with Gasteiger partial charge in [-0.05, 0) is 32.1 Å². The topological polar surface area (TPSA) is 72.5 Å². The van der Waals surface area contributed by atoms with Crippen LogP contribution in [-0.2, 0) is 19.3 Å². The largest absolute Gasteiger partial charge is 0.362 e. The van der Waals surface area contributed by atoms with Crippen molar-refractivity contribution in [1.29, 1.82) is 0 Å². The van der Waals surface area contributed by atoms with Crippen LogP contribution in [0.15, 0.2) is 0 Å². The normalized spacial score (nSPS) is 27.8. The molecule has 1 N–H and O–H groups in total. The third kappa shape index (κ3) is 4.24. The summed E-state index contributed by atoms with van der Waals surface area (Å²) >= 11 is 0. The first kappa shape index (κ1) is 15.4. The van der Waals surface area contributed by atoms with Gasteiger partial charge in [-0.3, -0.25) is 4.79 Å². The third-order valence-corrected chi connectivity index (χ3v) is 4.35. The quantitative estimate of drug-likeness (QED) is 0.837. The van der Waals surface area contributed by atoms with E-state index in [1.165, 1.54) is 0 Å². The molecule has 0 heterocycles. The second-order valence-corrected chi connectivity index (χ2v) is 6.24. The van der Waals surface area contributed by atoms with Gasteiger partial charge in [0.1, 0.15) is 0 Å². The molecule has 0 aliphatic heterocycles. The van der Waals surface area contributed by atoms with Crippen LogP contribution < -0.4 is 4.72 Å². The van der Waals surface area contributed by atoms with E-state index in [2.05, 4.69) is 0 Å². The van der Waals surface area contributed by atoms with Gasteiger partial charge in [-0.1, -0.05) is 27.2 Å². The molecule has 6 heteroatoms. The summed E-state index contributed by atoms with van der Waals surface area (Å²) in [5.74, 6) is -0.224. The summed E-state index contributed by atoms with van der Waals surface area (Å²) in [6.45, 7) is 7.72. The molecule has 0 spiro atoms. The molecule has 2 aliphatic rings. The summed E-state index contributed by atoms with van der Waals surface area (Å²) in [5.41, 5.74) is -0.584. The molecular weight excluding hydrogens is 254 g/mol. The fourth-order valence-electron chi connectivity index (χ4n) is 1.76. The molecule has 2 saturated carbocycles. The van der Waals surface area contributed by atoms with E-state index in [0.29, 0.717) is 5.92 Å². The highest BCUT2D eigenvalue weighted by Crippen LogP contribution is 2.42. The molecule has 0 aromatic heterocycles. The molecular formula is C12H25NO4S. The Morgan fingerprint density at radius 1 is 1.44 bits per heavy atom. The van der Waals surface area contributed by atoms with E-state index in [9.17, 15) is 13.2 Å². The van der Waals surface area contributed by atoms with Crippen LogP contribution in [0.25, 0.3) is 0 Å². The van der Waals surface area contributed by atoms with Crippen LogP contribution in [0, 0.1) is 11.8 Å². The van der Waals surface area contributed by atoms with Crippen molar-refractivity contribution in [3.8, 4) is 0 Å². The van der Waals surface area contributed by atoms with E-state index in [1.807, 2.05) is 25.5 Å². The number of hydrogen-bond acceptors (Lipinski definition) is 4. The summed E-state index contributed by atoms with van der Waals surface area (Å²) in [6, 6.07) is 0. The highest BCUT2D eigenvalue weighted by molar-refractivity contribution is 7.85. The Labute approximate surface area is 111 Å². The van der Waals surface area contributed by atoms with Gasteiger partial charge in [-0.15, -0.1) is 0 Å². The second kappa shape index (κ2) is 5.57. The van der Waals surface area contributed by atoms with Crippen LogP contribution in [0.5, 0.6) is 0 Å². The van der Waals surface area contributed by atoms with Gasteiger partial charge in [0.2, 0.25) is 5.91 Å². The van der Waals surface area contributed by atoms with Gasteiger partial charge in [-0.25, -0.2) is 8.91 Å². The highest BCUT2D eigenvalue weighted by atomic mass is 32.2. The summed E-state index contributed by atoms with van der Waals surface area (Å²) < 4.78 is 29.8. The standard InChI is InChI=1S/C10H17NO4S.C2H6.H2/c1-3-7-6-8(7)9(12)11-16(13,14)15-10(2)4-5-10;1-2;/h7-8H,3-6H2,1-2H3,(H,11,12);1-2H3;1H/t7-,8?;;/m1../s1. The number of amides is 1. The van der Waals surface area contributed by atoms with Gasteiger partial charge in [0, 0.05) is 7.34 Å². The molecule has 0 radical (unpaired) electrons. The van der Waals surface area contributed by atoms with Crippen molar-refractivity contribution in [1.82, 2.24) is 4.72 Å². The molecule has 2 fully saturated rings. The monoisotopic (exact) mass is 279 g/mol. The summed E-state index contributed by atoms with van der Waals surface area (Å²) in [7, 11) is -3.91. The molecule has 0 bridgehead atoms. The van der Waals surface area contributed by atoms with Crippen molar-refractivity contribution in [2.24, 2.45) is 11.8 Å². The predicted octanol–water partition coefficient (Wildman–Crippen LogP) is 2.23. The van der Waals surface area contributed by atoms with Gasteiger partial charge in [0.25, 0.3) is 0 Å². The molecule has 2 aliphatic carbocycles. The van der Waals surface area contributed by atoms with E-state index >= 15 is 0 Å². The first-order chi connectivity index (χ1) is 8.35. The zero-order valence-corrected chi connectivity index (χ0v) is 12.3. The molecule has 1 unspecified atom stereocenters. The average molecular weight is 279 g/mol. The molecule has 18 heavy (non-hydrogen) atoms. The molecule has 0 aromatic carbocycles. The van der Waals surface area contributed by atoms with Crippen molar-refractivity contribution in [2.75, 3.05) is 0 Å². The van der Waals surface area contributed by atoms with Crippen molar-refractivity contribution in [2.45, 2.75) is 59.0 Å². The first-order valence-corrected chi connectivity index (χ1v) is 8.03. The lowest BCUT2D eigenvalue weighted by atomic mass is 10.2. The van der Waals surface area contributed by atoms with E-state index in [1.54, 1.807) is 6.92 Å². The molecule has 0 aromatic rings. The van der Waals surface area contributed by atoms with Crippen molar-refractivity contribution >= 4 is 16.2 Å². The van der Waals surface area contributed by atoms with Gasteiger partial charge in [0.05, 0.1) is 5.60 Å². The van der Waals surface area contributed by atoms with Gasteiger partial charge in [-0.2, -0.15) is 8.42 Å². The maximum absolute atomic E-state index is 11.5. The SMILES string of the molecule is CC.CC[C@@H]1CC1C(=O)NS(=O)(=O)OC1(C)CC1.[HH]. The third-order valence-electron chi connectivity index (χ3n) is 3.27. The Morgan fingerprint density at radius 2 is 2.00 bits per heavy atom. The van der Waals surface area contributed by atoms with Crippen LogP contribution in [0.2, 0.25) is 0 Å². The summed E-state index contributed by atoms with van der Waals surface area (Å²) in [6.07, 6.45) is 3.15. The lowest BCUT2D eigenvalue weighted by molar-refractivity contribution is -0.121. The summed E-state index contributed by atoms with van der Waals surface area (Å²) in [4.78, 5) is 11.5. The van der Waals surface area contributed by atoms with Crippen LogP contribution in [0.3, 0.4) is 0 Å². The van der Waals surface area contributed by atoms with Crippen LogP contribution >= 0.6 is 0 Å². The number of carbonyl (C=O) groups is 1. The maximum Gasteiger partial charge on any atom is 0.362 e. The average Bonchev–Trinajstić information content (AvgIpc) is 3.16. The highest BCUT2D eigenvalue weighted by Gasteiger charge is 2.46. The van der Waals surface area contributed by atoms with Crippen LogP contribution in [0.4, 0.5) is 0 Å². The number of hydrogen-bond donors (Lipinski definition) is 1. The van der Waals surface area contributed by atoms with Crippen molar-refractivity contribution < 1.29 is 18.8 Å². The molecule has 2 rings (SSSR count). The minimum Gasteiger partial charge on any atom is -0.274 e. The molecule has 0 saturated heterocycles. The van der Waals surface area contributed by atoms with Gasteiger partial charge < -0.3 is 0 Å². The van der Waals surface area contributed by atoms with E-state index < -0.39 is 21.8 Å². The lowest BCUT2D eigenvalue weighted by Crippen LogP contribution is -2.35. The number of carbonyl (C=O) groups excluding carboxylic acids is 1. The minimum absolute atomic E-state index is 0. The Bertz CT molecular complexity index is 406. The zero-order valence-electron chi connectivity index (χ0n) is 11.5. The van der Waals surface area contributed by atoms with Gasteiger partial charge in [0.15, 0.2) is 0 Å². The molecule has 108 valence electrons. The second-order valence-electron chi connectivity index (χ2n) is 4.96. The smallest absolute Gasteiger partial charge is 0.274 e. The molecule has 5 nitrogen and oxygen atoms in total. The fraction of sp³-hybridized carbons (Fsp3) is 0.917. The van der Waals surface area contributed by atoms with Crippen LogP contribution in [0.1, 0.15) is 54.8 Å². The molecule has 1 amide bonds. The Kier molecular flexibility index (Phi) is 4.78. The number of rotatable bonds is 5.